The standard InChI is InChI=1S/C38H38N4O4S/c1-26-34(25-47-38-39-20-7-21-40-38)45-36(46-35(26)30-14-12-28(24-43)13-15-30)31-18-16-29(17-19-31)33-11-6-5-10-32(33)23-42-37(44)41-22-27-8-3-2-4-9-27/h2-21,26,34-36,43H,22-25H2,1H3,(H2,41,42,44). The van der Waals surface area contributed by atoms with Gasteiger partial charge >= 0.3 is 6.03 Å². The third-order valence-corrected chi connectivity index (χ3v) is 9.25. The highest BCUT2D eigenvalue weighted by Gasteiger charge is 2.38. The van der Waals surface area contributed by atoms with Gasteiger partial charge in [0.15, 0.2) is 11.4 Å². The van der Waals surface area contributed by atoms with Crippen LogP contribution in [0.25, 0.3) is 11.1 Å². The predicted molar refractivity (Wildman–Crippen MR) is 183 cm³/mol. The fraction of sp³-hybridized carbons (Fsp3) is 0.237. The lowest BCUT2D eigenvalue weighted by Crippen LogP contribution is -2.38. The van der Waals surface area contributed by atoms with Crippen molar-refractivity contribution in [1.82, 2.24) is 20.6 Å². The van der Waals surface area contributed by atoms with Crippen LogP contribution < -0.4 is 10.6 Å². The highest BCUT2D eigenvalue weighted by Crippen LogP contribution is 2.43. The van der Waals surface area contributed by atoms with Gasteiger partial charge in [0, 0.05) is 42.7 Å². The number of carbonyl (C=O) groups excluding carboxylic acids is 1. The molecule has 5 aromatic rings. The van der Waals surface area contributed by atoms with Crippen molar-refractivity contribution < 1.29 is 19.4 Å². The third kappa shape index (κ3) is 8.44. The van der Waals surface area contributed by atoms with Crippen LogP contribution in [-0.4, -0.2) is 33.0 Å². The smallest absolute Gasteiger partial charge is 0.315 e. The van der Waals surface area contributed by atoms with E-state index in [-0.39, 0.29) is 30.8 Å². The number of carbonyl (C=O) groups is 1. The van der Waals surface area contributed by atoms with Crippen LogP contribution in [0.5, 0.6) is 0 Å². The summed E-state index contributed by atoms with van der Waals surface area (Å²) in [7, 11) is 0. The number of aliphatic hydroxyl groups excluding tert-OH is 1. The molecule has 0 saturated carbocycles. The van der Waals surface area contributed by atoms with Crippen LogP contribution in [-0.2, 0) is 29.2 Å². The van der Waals surface area contributed by atoms with Gasteiger partial charge in [0.25, 0.3) is 0 Å². The van der Waals surface area contributed by atoms with Gasteiger partial charge in [0.1, 0.15) is 0 Å². The molecule has 3 N–H and O–H groups in total. The summed E-state index contributed by atoms with van der Waals surface area (Å²) in [5.41, 5.74) is 6.95. The van der Waals surface area contributed by atoms with Crippen LogP contribution in [0.2, 0.25) is 0 Å². The SMILES string of the molecule is CC1C(CSc2ncccn2)OC(c2ccc(-c3ccccc3CNC(=O)NCc3ccccc3)cc2)OC1c1ccc(CO)cc1. The van der Waals surface area contributed by atoms with Crippen molar-refractivity contribution in [3.63, 3.8) is 0 Å². The van der Waals surface area contributed by atoms with Crippen molar-refractivity contribution in [3.05, 3.63) is 149 Å². The number of benzene rings is 4. The topological polar surface area (TPSA) is 106 Å². The molecule has 1 aliphatic rings. The zero-order valence-corrected chi connectivity index (χ0v) is 27.0. The highest BCUT2D eigenvalue weighted by atomic mass is 32.2. The van der Waals surface area contributed by atoms with E-state index in [1.54, 1.807) is 24.2 Å². The Bertz CT molecular complexity index is 1720. The van der Waals surface area contributed by atoms with Gasteiger partial charge in [-0.25, -0.2) is 14.8 Å². The van der Waals surface area contributed by atoms with E-state index in [0.29, 0.717) is 24.0 Å². The first-order valence-electron chi connectivity index (χ1n) is 15.7. The lowest BCUT2D eigenvalue weighted by molar-refractivity contribution is -0.268. The molecule has 9 heteroatoms. The molecule has 4 aromatic carbocycles. The minimum Gasteiger partial charge on any atom is -0.392 e. The number of nitrogens with one attached hydrogen (secondary N) is 2. The summed E-state index contributed by atoms with van der Waals surface area (Å²) in [5.74, 6) is 0.735. The number of thioether (sulfide) groups is 1. The van der Waals surface area contributed by atoms with E-state index in [1.165, 1.54) is 0 Å². The van der Waals surface area contributed by atoms with Crippen LogP contribution in [0.4, 0.5) is 4.79 Å². The summed E-state index contributed by atoms with van der Waals surface area (Å²) < 4.78 is 13.2. The zero-order chi connectivity index (χ0) is 32.4. The Hall–Kier alpha value is -4.54. The van der Waals surface area contributed by atoms with Gasteiger partial charge in [-0.3, -0.25) is 0 Å². The molecule has 0 spiro atoms. The van der Waals surface area contributed by atoms with Crippen LogP contribution in [0, 0.1) is 5.92 Å². The van der Waals surface area contributed by atoms with Crippen molar-refractivity contribution in [3.8, 4) is 11.1 Å². The second-order valence-corrected chi connectivity index (χ2v) is 12.5. The molecule has 6 rings (SSSR count). The van der Waals surface area contributed by atoms with Gasteiger partial charge in [0.2, 0.25) is 0 Å². The van der Waals surface area contributed by atoms with Crippen molar-refractivity contribution in [2.75, 3.05) is 5.75 Å². The largest absolute Gasteiger partial charge is 0.392 e. The van der Waals surface area contributed by atoms with Crippen LogP contribution >= 0.6 is 11.8 Å². The van der Waals surface area contributed by atoms with Crippen molar-refractivity contribution in [2.24, 2.45) is 5.92 Å². The summed E-state index contributed by atoms with van der Waals surface area (Å²) in [4.78, 5) is 21.3. The molecule has 2 amide bonds. The minimum atomic E-state index is -0.574. The van der Waals surface area contributed by atoms with Crippen LogP contribution in [0.1, 0.15) is 47.1 Å². The summed E-state index contributed by atoms with van der Waals surface area (Å²) >= 11 is 1.57. The van der Waals surface area contributed by atoms with Gasteiger partial charge in [-0.05, 0) is 39.4 Å². The number of aromatic nitrogens is 2. The predicted octanol–water partition coefficient (Wildman–Crippen LogP) is 7.22. The quantitative estimate of drug-likeness (QED) is 0.103. The lowest BCUT2D eigenvalue weighted by atomic mass is 9.91. The first-order chi connectivity index (χ1) is 23.1. The monoisotopic (exact) mass is 646 g/mol. The Kier molecular flexibility index (Phi) is 10.9. The first-order valence-corrected chi connectivity index (χ1v) is 16.7. The third-order valence-electron chi connectivity index (χ3n) is 8.29. The number of nitrogens with zero attached hydrogens (tertiary/aromatic N) is 2. The molecule has 8 nitrogen and oxygen atoms in total. The van der Waals surface area contributed by atoms with Crippen LogP contribution in [0.15, 0.2) is 127 Å². The highest BCUT2D eigenvalue weighted by molar-refractivity contribution is 7.99. The van der Waals surface area contributed by atoms with Crippen molar-refractivity contribution >= 4 is 17.8 Å². The van der Waals surface area contributed by atoms with Gasteiger partial charge in [-0.2, -0.15) is 0 Å². The maximum Gasteiger partial charge on any atom is 0.315 e. The van der Waals surface area contributed by atoms with E-state index in [2.05, 4.69) is 45.7 Å². The Labute approximate surface area is 279 Å². The second-order valence-electron chi connectivity index (χ2n) is 11.5. The molecular formula is C38H38N4O4S. The van der Waals surface area contributed by atoms with E-state index >= 15 is 0 Å². The number of hydrogen-bond acceptors (Lipinski definition) is 7. The van der Waals surface area contributed by atoms with Gasteiger partial charge in [-0.1, -0.05) is 122 Å². The average Bonchev–Trinajstić information content (AvgIpc) is 3.14. The number of urea groups is 1. The molecule has 4 atom stereocenters. The second kappa shape index (κ2) is 15.8. The fourth-order valence-corrected chi connectivity index (χ4v) is 6.58. The van der Waals surface area contributed by atoms with Gasteiger partial charge in [0.05, 0.1) is 18.8 Å². The first kappa shape index (κ1) is 32.4. The molecule has 1 aliphatic heterocycles. The van der Waals surface area contributed by atoms with Gasteiger partial charge in [-0.15, -0.1) is 0 Å². The minimum absolute atomic E-state index is 0.00354. The molecule has 1 aromatic heterocycles. The molecular weight excluding hydrogens is 609 g/mol. The summed E-state index contributed by atoms with van der Waals surface area (Å²) in [6.07, 6.45) is 2.59. The van der Waals surface area contributed by atoms with E-state index in [0.717, 1.165) is 38.9 Å². The number of aliphatic hydroxyl groups is 1. The average molecular weight is 647 g/mol. The number of ether oxygens (including phenoxy) is 2. The Morgan fingerprint density at radius 3 is 2.19 bits per heavy atom. The molecule has 1 saturated heterocycles. The normalized spacial score (nSPS) is 19.2. The fourth-order valence-electron chi connectivity index (χ4n) is 5.62. The molecule has 240 valence electrons. The Balaban J connectivity index is 1.16. The van der Waals surface area contributed by atoms with Crippen molar-refractivity contribution in [1.29, 1.82) is 0 Å². The molecule has 0 radical (unpaired) electrons. The number of hydrogen-bond donors (Lipinski definition) is 3. The number of rotatable bonds is 11. The Morgan fingerprint density at radius 2 is 1.45 bits per heavy atom. The molecule has 0 aliphatic carbocycles. The molecule has 1 fully saturated rings. The summed E-state index contributed by atoms with van der Waals surface area (Å²) in [6.45, 7) is 3.01. The van der Waals surface area contributed by atoms with Crippen molar-refractivity contribution in [2.45, 2.75) is 50.3 Å². The van der Waals surface area contributed by atoms with Crippen LogP contribution in [0.3, 0.4) is 0 Å². The van der Waals surface area contributed by atoms with E-state index in [4.69, 9.17) is 9.47 Å². The van der Waals surface area contributed by atoms with E-state index < -0.39 is 6.29 Å². The molecule has 2 heterocycles. The maximum absolute atomic E-state index is 12.5. The van der Waals surface area contributed by atoms with E-state index in [1.807, 2.05) is 91.0 Å². The molecule has 47 heavy (non-hydrogen) atoms. The lowest BCUT2D eigenvalue weighted by Gasteiger charge is -2.41. The molecule has 0 bridgehead atoms. The summed E-state index contributed by atoms with van der Waals surface area (Å²) in [6, 6.07) is 35.7. The van der Waals surface area contributed by atoms with Gasteiger partial charge < -0.3 is 25.2 Å². The molecule has 4 unspecified atom stereocenters. The Morgan fingerprint density at radius 1 is 0.766 bits per heavy atom. The number of amides is 2. The maximum atomic E-state index is 12.5. The zero-order valence-electron chi connectivity index (χ0n) is 26.2. The summed E-state index contributed by atoms with van der Waals surface area (Å²) in [5, 5.41) is 16.2. The van der Waals surface area contributed by atoms with E-state index in [9.17, 15) is 9.90 Å².